The second-order valence-electron chi connectivity index (χ2n) is 7.98. The first-order valence-corrected chi connectivity index (χ1v) is 10.0. The SMILES string of the molecule is COC(=O)c1ccc(N2C(=O)[C@@H]3[C@H](C2=O)[C@H]2C=C[C@H]3C2=C(C)c2ccccc2)cc1. The Hall–Kier alpha value is -3.47. The van der Waals surface area contributed by atoms with Gasteiger partial charge in [0, 0.05) is 11.8 Å². The first kappa shape index (κ1) is 18.6. The van der Waals surface area contributed by atoms with Crippen molar-refractivity contribution in [2.45, 2.75) is 6.92 Å². The number of rotatable bonds is 3. The number of imide groups is 1. The van der Waals surface area contributed by atoms with Crippen LogP contribution in [0.3, 0.4) is 0 Å². The molecular formula is C25H21NO4. The average Bonchev–Trinajstić information content (AvgIpc) is 3.43. The number of benzene rings is 2. The summed E-state index contributed by atoms with van der Waals surface area (Å²) in [5.74, 6) is -1.59. The van der Waals surface area contributed by atoms with Gasteiger partial charge in [-0.25, -0.2) is 9.69 Å². The molecule has 0 aromatic heterocycles. The highest BCUT2D eigenvalue weighted by Crippen LogP contribution is 2.58. The van der Waals surface area contributed by atoms with Crippen molar-refractivity contribution in [3.8, 4) is 0 Å². The molecule has 4 atom stereocenters. The Kier molecular flexibility index (Phi) is 4.21. The van der Waals surface area contributed by atoms with Crippen LogP contribution in [0.1, 0.15) is 22.8 Å². The number of carbonyl (C=O) groups is 3. The highest BCUT2D eigenvalue weighted by Gasteiger charge is 2.62. The van der Waals surface area contributed by atoms with Gasteiger partial charge in [-0.15, -0.1) is 0 Å². The van der Waals surface area contributed by atoms with Crippen molar-refractivity contribution in [1.29, 1.82) is 0 Å². The summed E-state index contributed by atoms with van der Waals surface area (Å²) in [6.45, 7) is 2.08. The molecule has 0 unspecified atom stereocenters. The number of methoxy groups -OCH3 is 1. The summed E-state index contributed by atoms with van der Waals surface area (Å²) in [6, 6.07) is 16.5. The van der Waals surface area contributed by atoms with Gasteiger partial charge < -0.3 is 4.74 Å². The van der Waals surface area contributed by atoms with Crippen molar-refractivity contribution in [1.82, 2.24) is 0 Å². The lowest BCUT2D eigenvalue weighted by Gasteiger charge is -2.20. The van der Waals surface area contributed by atoms with Gasteiger partial charge in [-0.1, -0.05) is 48.1 Å². The second kappa shape index (κ2) is 6.80. The Morgan fingerprint density at radius 3 is 1.93 bits per heavy atom. The topological polar surface area (TPSA) is 63.7 Å². The summed E-state index contributed by atoms with van der Waals surface area (Å²) in [7, 11) is 1.32. The molecule has 0 spiro atoms. The fourth-order valence-electron chi connectivity index (χ4n) is 5.24. The van der Waals surface area contributed by atoms with Gasteiger partial charge in [0.15, 0.2) is 0 Å². The maximum Gasteiger partial charge on any atom is 0.337 e. The number of allylic oxidation sites excluding steroid dienone is 4. The number of ether oxygens (including phenoxy) is 1. The Bertz CT molecular complexity index is 1080. The van der Waals surface area contributed by atoms with Crippen LogP contribution in [0.5, 0.6) is 0 Å². The normalized spacial score (nSPS) is 28.1. The van der Waals surface area contributed by atoms with E-state index in [1.165, 1.54) is 17.6 Å². The van der Waals surface area contributed by atoms with E-state index in [0.717, 1.165) is 11.1 Å². The van der Waals surface area contributed by atoms with Crippen molar-refractivity contribution in [2.24, 2.45) is 23.7 Å². The molecule has 0 N–H and O–H groups in total. The average molecular weight is 399 g/mol. The molecule has 5 rings (SSSR count). The van der Waals surface area contributed by atoms with Gasteiger partial charge in [0.1, 0.15) is 0 Å². The Morgan fingerprint density at radius 2 is 1.40 bits per heavy atom. The molecule has 2 aliphatic carbocycles. The summed E-state index contributed by atoms with van der Waals surface area (Å²) in [6.07, 6.45) is 4.17. The molecule has 5 heteroatoms. The van der Waals surface area contributed by atoms with E-state index in [1.807, 2.05) is 18.2 Å². The predicted molar refractivity (Wildman–Crippen MR) is 112 cm³/mol. The zero-order valence-corrected chi connectivity index (χ0v) is 16.7. The van der Waals surface area contributed by atoms with Gasteiger partial charge in [0.05, 0.1) is 30.2 Å². The van der Waals surface area contributed by atoms with E-state index in [2.05, 4.69) is 31.2 Å². The Morgan fingerprint density at radius 1 is 0.833 bits per heavy atom. The zero-order valence-electron chi connectivity index (χ0n) is 16.7. The highest BCUT2D eigenvalue weighted by molar-refractivity contribution is 6.23. The maximum atomic E-state index is 13.3. The van der Waals surface area contributed by atoms with Crippen LogP contribution in [0.4, 0.5) is 5.69 Å². The first-order valence-electron chi connectivity index (χ1n) is 10.0. The van der Waals surface area contributed by atoms with Crippen LogP contribution in [0.2, 0.25) is 0 Å². The van der Waals surface area contributed by atoms with Crippen molar-refractivity contribution in [2.75, 3.05) is 12.0 Å². The number of fused-ring (bicyclic) bond motifs is 5. The number of hydrogen-bond donors (Lipinski definition) is 0. The van der Waals surface area contributed by atoms with Gasteiger partial charge in [0.2, 0.25) is 11.8 Å². The van der Waals surface area contributed by atoms with E-state index >= 15 is 0 Å². The van der Waals surface area contributed by atoms with Crippen LogP contribution in [-0.4, -0.2) is 24.9 Å². The summed E-state index contributed by atoms with van der Waals surface area (Å²) in [5, 5.41) is 0. The second-order valence-corrected chi connectivity index (χ2v) is 7.98. The van der Waals surface area contributed by atoms with Crippen molar-refractivity contribution in [3.05, 3.63) is 83.4 Å². The van der Waals surface area contributed by atoms with E-state index in [9.17, 15) is 14.4 Å². The van der Waals surface area contributed by atoms with Gasteiger partial charge >= 0.3 is 5.97 Å². The van der Waals surface area contributed by atoms with Gasteiger partial charge in [-0.2, -0.15) is 0 Å². The van der Waals surface area contributed by atoms with E-state index in [4.69, 9.17) is 4.74 Å². The number of carbonyl (C=O) groups excluding carboxylic acids is 3. The van der Waals surface area contributed by atoms with Crippen molar-refractivity contribution >= 4 is 29.0 Å². The number of nitrogens with zero attached hydrogens (tertiary/aromatic N) is 1. The van der Waals surface area contributed by atoms with Gasteiger partial charge in [-0.05, 0) is 42.3 Å². The molecule has 2 bridgehead atoms. The molecule has 5 nitrogen and oxygen atoms in total. The van der Waals surface area contributed by atoms with Crippen LogP contribution >= 0.6 is 0 Å². The molecule has 1 aliphatic heterocycles. The molecule has 1 saturated heterocycles. The van der Waals surface area contributed by atoms with E-state index in [-0.39, 0.29) is 35.5 Å². The molecule has 1 saturated carbocycles. The number of esters is 1. The summed E-state index contributed by atoms with van der Waals surface area (Å²) >= 11 is 0. The maximum absolute atomic E-state index is 13.3. The minimum Gasteiger partial charge on any atom is -0.465 e. The van der Waals surface area contributed by atoms with E-state index in [1.54, 1.807) is 24.3 Å². The number of amides is 2. The van der Waals surface area contributed by atoms with Gasteiger partial charge in [-0.3, -0.25) is 9.59 Å². The molecule has 150 valence electrons. The lowest BCUT2D eigenvalue weighted by atomic mass is 9.85. The molecule has 30 heavy (non-hydrogen) atoms. The first-order chi connectivity index (χ1) is 14.5. The molecule has 3 aliphatic rings. The third-order valence-corrected chi connectivity index (χ3v) is 6.60. The molecular weight excluding hydrogens is 378 g/mol. The standard InChI is InChI=1S/C25H21NO4/c1-14(15-6-4-3-5-7-15)20-18-12-13-19(20)22-21(18)23(27)26(24(22)28)17-10-8-16(9-11-17)25(29)30-2/h3-13,18-19,21-22H,1-2H3/t18-,19-,21-,22+/m0/s1. The summed E-state index contributed by atoms with van der Waals surface area (Å²) in [5.41, 5.74) is 4.35. The minimum absolute atomic E-state index is 0.0454. The summed E-state index contributed by atoms with van der Waals surface area (Å²) < 4.78 is 4.71. The lowest BCUT2D eigenvalue weighted by Crippen LogP contribution is -2.33. The van der Waals surface area contributed by atoms with E-state index < -0.39 is 5.97 Å². The van der Waals surface area contributed by atoms with Gasteiger partial charge in [0.25, 0.3) is 0 Å². The van der Waals surface area contributed by atoms with E-state index in [0.29, 0.717) is 11.3 Å². The van der Waals surface area contributed by atoms with Crippen LogP contribution < -0.4 is 4.90 Å². The smallest absolute Gasteiger partial charge is 0.337 e. The number of anilines is 1. The lowest BCUT2D eigenvalue weighted by molar-refractivity contribution is -0.122. The third kappa shape index (κ3) is 2.51. The van der Waals surface area contributed by atoms with Crippen molar-refractivity contribution < 1.29 is 19.1 Å². The van der Waals surface area contributed by atoms with Crippen LogP contribution in [-0.2, 0) is 14.3 Å². The molecule has 2 amide bonds. The molecule has 0 radical (unpaired) electrons. The molecule has 2 aromatic rings. The fourth-order valence-corrected chi connectivity index (χ4v) is 5.24. The zero-order chi connectivity index (χ0) is 21.0. The molecule has 2 aromatic carbocycles. The quantitative estimate of drug-likeness (QED) is 0.447. The van der Waals surface area contributed by atoms with Crippen LogP contribution in [0.25, 0.3) is 5.57 Å². The minimum atomic E-state index is -0.453. The van der Waals surface area contributed by atoms with Crippen molar-refractivity contribution in [3.63, 3.8) is 0 Å². The highest BCUT2D eigenvalue weighted by atomic mass is 16.5. The summed E-state index contributed by atoms with van der Waals surface area (Å²) in [4.78, 5) is 39.6. The van der Waals surface area contributed by atoms with Crippen LogP contribution in [0, 0.1) is 23.7 Å². The largest absolute Gasteiger partial charge is 0.465 e. The number of hydrogen-bond acceptors (Lipinski definition) is 4. The monoisotopic (exact) mass is 399 g/mol. The molecule has 1 heterocycles. The Balaban J connectivity index is 1.49. The predicted octanol–water partition coefficient (Wildman–Crippen LogP) is 3.87. The molecule has 2 fully saturated rings. The van der Waals surface area contributed by atoms with Crippen LogP contribution in [0.15, 0.2) is 72.3 Å². The fraction of sp³-hybridized carbons (Fsp3) is 0.240. The Labute approximate surface area is 174 Å². The third-order valence-electron chi connectivity index (χ3n) is 6.60.